The monoisotopic (exact) mass is 398 g/mol. The van der Waals surface area contributed by atoms with E-state index in [0.717, 1.165) is 65.5 Å². The summed E-state index contributed by atoms with van der Waals surface area (Å²) in [7, 11) is 3.30. The summed E-state index contributed by atoms with van der Waals surface area (Å²) >= 11 is 6.30. The van der Waals surface area contributed by atoms with Gasteiger partial charge in [0.05, 0.1) is 26.0 Å². The lowest BCUT2D eigenvalue weighted by Gasteiger charge is -2.45. The van der Waals surface area contributed by atoms with Gasteiger partial charge in [0.15, 0.2) is 17.2 Å². The number of benzene rings is 2. The van der Waals surface area contributed by atoms with Gasteiger partial charge in [-0.15, -0.1) is 0 Å². The molecule has 146 valence electrons. The molecule has 1 saturated carbocycles. The van der Waals surface area contributed by atoms with E-state index in [-0.39, 0.29) is 11.8 Å². The van der Waals surface area contributed by atoms with E-state index in [2.05, 4.69) is 5.01 Å². The Labute approximate surface area is 169 Å². The molecule has 1 atom stereocenters. The fraction of sp³-hybridized carbons (Fsp3) is 0.409. The molecule has 0 unspecified atom stereocenters. The van der Waals surface area contributed by atoms with Gasteiger partial charge in [-0.1, -0.05) is 11.6 Å². The van der Waals surface area contributed by atoms with Gasteiger partial charge in [0.1, 0.15) is 5.75 Å². The Bertz CT molecular complexity index is 953. The molecule has 2 aromatic rings. The zero-order valence-corrected chi connectivity index (χ0v) is 16.8. The van der Waals surface area contributed by atoms with Crippen molar-refractivity contribution < 1.29 is 14.2 Å². The van der Waals surface area contributed by atoms with Gasteiger partial charge in [0.2, 0.25) is 0 Å². The van der Waals surface area contributed by atoms with Crippen LogP contribution in [0, 0.1) is 0 Å². The van der Waals surface area contributed by atoms with Crippen LogP contribution in [0.4, 0.5) is 0 Å². The molecule has 5 nitrogen and oxygen atoms in total. The van der Waals surface area contributed by atoms with Gasteiger partial charge >= 0.3 is 0 Å². The first-order chi connectivity index (χ1) is 13.6. The summed E-state index contributed by atoms with van der Waals surface area (Å²) in [6.07, 6.45) is 5.12. The lowest BCUT2D eigenvalue weighted by molar-refractivity contribution is -0.114. The molecule has 0 radical (unpaired) electrons. The van der Waals surface area contributed by atoms with Crippen LogP contribution in [-0.4, -0.2) is 30.7 Å². The largest absolute Gasteiger partial charge is 0.493 e. The van der Waals surface area contributed by atoms with Crippen LogP contribution in [0.3, 0.4) is 0 Å². The topological polar surface area (TPSA) is 43.3 Å². The van der Waals surface area contributed by atoms with Crippen molar-refractivity contribution in [1.29, 1.82) is 0 Å². The highest BCUT2D eigenvalue weighted by Crippen LogP contribution is 2.52. The Morgan fingerprint density at radius 1 is 1.07 bits per heavy atom. The van der Waals surface area contributed by atoms with Gasteiger partial charge in [-0.25, -0.2) is 5.01 Å². The second-order valence-electron chi connectivity index (χ2n) is 7.62. The molecule has 1 fully saturated rings. The van der Waals surface area contributed by atoms with E-state index in [4.69, 9.17) is 30.9 Å². The second kappa shape index (κ2) is 6.59. The molecule has 5 rings (SSSR count). The Morgan fingerprint density at radius 3 is 2.61 bits per heavy atom. The minimum absolute atomic E-state index is 0.142. The van der Waals surface area contributed by atoms with Crippen molar-refractivity contribution >= 4 is 17.3 Å². The fourth-order valence-corrected chi connectivity index (χ4v) is 4.88. The first-order valence-electron chi connectivity index (χ1n) is 9.71. The van der Waals surface area contributed by atoms with E-state index in [1.807, 2.05) is 36.4 Å². The molecule has 6 heteroatoms. The number of methoxy groups -OCH3 is 2. The fourth-order valence-electron chi connectivity index (χ4n) is 4.70. The van der Waals surface area contributed by atoms with Crippen LogP contribution >= 0.6 is 11.6 Å². The van der Waals surface area contributed by atoms with Crippen molar-refractivity contribution in [2.24, 2.45) is 5.10 Å². The van der Waals surface area contributed by atoms with Gasteiger partial charge in [0, 0.05) is 35.4 Å². The standard InChI is InChI=1S/C22H23ClN2O3/c1-26-20-7-5-14(11-21(20)27-2)17-13-18-16-12-15(23)6-8-19(16)28-22(25(18)24-17)9-3-4-10-22/h5-8,11-12,18H,3-4,9-10,13H2,1-2H3/t18-/m0/s1. The highest BCUT2D eigenvalue weighted by atomic mass is 35.5. The number of fused-ring (bicyclic) bond motifs is 4. The molecule has 2 aromatic carbocycles. The number of nitrogens with zero attached hydrogens (tertiary/aromatic N) is 2. The van der Waals surface area contributed by atoms with Crippen LogP contribution in [-0.2, 0) is 0 Å². The molecule has 28 heavy (non-hydrogen) atoms. The number of hydrazone groups is 1. The van der Waals surface area contributed by atoms with Crippen LogP contribution in [0.5, 0.6) is 17.2 Å². The lowest BCUT2D eigenvalue weighted by atomic mass is 9.94. The molecular formula is C22H23ClN2O3. The molecule has 0 N–H and O–H groups in total. The van der Waals surface area contributed by atoms with E-state index in [0.29, 0.717) is 5.75 Å². The normalized spacial score (nSPS) is 21.8. The minimum atomic E-state index is -0.343. The average Bonchev–Trinajstić information content (AvgIpc) is 3.37. The van der Waals surface area contributed by atoms with Crippen LogP contribution in [0.2, 0.25) is 5.02 Å². The number of hydrogen-bond donors (Lipinski definition) is 0. The van der Waals surface area contributed by atoms with E-state index in [9.17, 15) is 0 Å². The minimum Gasteiger partial charge on any atom is -0.493 e. The second-order valence-corrected chi connectivity index (χ2v) is 8.05. The Hall–Kier alpha value is -2.40. The van der Waals surface area contributed by atoms with E-state index in [1.165, 1.54) is 0 Å². The van der Waals surface area contributed by atoms with Gasteiger partial charge in [-0.3, -0.25) is 0 Å². The summed E-state index contributed by atoms with van der Waals surface area (Å²) in [5.41, 5.74) is 2.85. The van der Waals surface area contributed by atoms with Crippen LogP contribution in [0.15, 0.2) is 41.5 Å². The van der Waals surface area contributed by atoms with Crippen molar-refractivity contribution in [2.75, 3.05) is 14.2 Å². The highest BCUT2D eigenvalue weighted by molar-refractivity contribution is 6.30. The first-order valence-corrected chi connectivity index (χ1v) is 10.1. The molecule has 0 aromatic heterocycles. The zero-order chi connectivity index (χ0) is 19.3. The van der Waals surface area contributed by atoms with E-state index < -0.39 is 0 Å². The summed E-state index contributed by atoms with van der Waals surface area (Å²) < 4.78 is 17.4. The Balaban J connectivity index is 1.58. The maximum atomic E-state index is 6.53. The van der Waals surface area contributed by atoms with Gasteiger partial charge in [-0.05, 0) is 49.2 Å². The van der Waals surface area contributed by atoms with Gasteiger partial charge in [0.25, 0.3) is 0 Å². The summed E-state index contributed by atoms with van der Waals surface area (Å²) in [5, 5.41) is 7.99. The third kappa shape index (κ3) is 2.64. The predicted molar refractivity (Wildman–Crippen MR) is 109 cm³/mol. The number of halogens is 1. The third-order valence-electron chi connectivity index (χ3n) is 6.06. The molecule has 3 aliphatic rings. The predicted octanol–water partition coefficient (Wildman–Crippen LogP) is 5.17. The Morgan fingerprint density at radius 2 is 1.86 bits per heavy atom. The molecule has 1 aliphatic carbocycles. The van der Waals surface area contributed by atoms with Crippen molar-refractivity contribution in [2.45, 2.75) is 43.9 Å². The van der Waals surface area contributed by atoms with Crippen LogP contribution in [0.25, 0.3) is 0 Å². The molecule has 2 heterocycles. The average molecular weight is 399 g/mol. The summed E-state index contributed by atoms with van der Waals surface area (Å²) in [6, 6.07) is 12.0. The molecule has 0 bridgehead atoms. The van der Waals surface area contributed by atoms with Gasteiger partial charge in [-0.2, -0.15) is 5.10 Å². The van der Waals surface area contributed by atoms with Crippen LogP contribution < -0.4 is 14.2 Å². The summed E-state index contributed by atoms with van der Waals surface area (Å²) in [4.78, 5) is 0. The number of ether oxygens (including phenoxy) is 3. The highest BCUT2D eigenvalue weighted by Gasteiger charge is 2.51. The van der Waals surface area contributed by atoms with E-state index in [1.54, 1.807) is 14.2 Å². The number of hydrogen-bond acceptors (Lipinski definition) is 5. The summed E-state index contributed by atoms with van der Waals surface area (Å²) in [6.45, 7) is 0. The van der Waals surface area contributed by atoms with Crippen LogP contribution in [0.1, 0.15) is 49.3 Å². The molecule has 0 saturated heterocycles. The van der Waals surface area contributed by atoms with E-state index >= 15 is 0 Å². The van der Waals surface area contributed by atoms with Crippen molar-refractivity contribution in [3.05, 3.63) is 52.5 Å². The summed E-state index contributed by atoms with van der Waals surface area (Å²) in [5.74, 6) is 2.37. The molecular weight excluding hydrogens is 376 g/mol. The first kappa shape index (κ1) is 17.7. The number of rotatable bonds is 3. The quantitative estimate of drug-likeness (QED) is 0.715. The maximum Gasteiger partial charge on any atom is 0.198 e. The zero-order valence-electron chi connectivity index (χ0n) is 16.1. The maximum absolute atomic E-state index is 6.53. The van der Waals surface area contributed by atoms with Gasteiger partial charge < -0.3 is 14.2 Å². The van der Waals surface area contributed by atoms with Crippen molar-refractivity contribution in [3.8, 4) is 17.2 Å². The Kier molecular flexibility index (Phi) is 4.16. The third-order valence-corrected chi connectivity index (χ3v) is 6.30. The molecule has 1 spiro atoms. The van der Waals surface area contributed by atoms with Crippen molar-refractivity contribution in [1.82, 2.24) is 5.01 Å². The smallest absolute Gasteiger partial charge is 0.198 e. The molecule has 0 amide bonds. The van der Waals surface area contributed by atoms with Crippen molar-refractivity contribution in [3.63, 3.8) is 0 Å². The lowest BCUT2D eigenvalue weighted by Crippen LogP contribution is -2.51. The SMILES string of the molecule is COc1ccc(C2=NN3[C@@H](C2)c2cc(Cl)ccc2OC32CCCC2)cc1OC. The molecule has 2 aliphatic heterocycles.